The van der Waals surface area contributed by atoms with E-state index >= 15 is 0 Å². The van der Waals surface area contributed by atoms with Crippen LogP contribution in [0.25, 0.3) is 0 Å². The summed E-state index contributed by atoms with van der Waals surface area (Å²) in [5.41, 5.74) is 1.89. The third-order valence-electron chi connectivity index (χ3n) is 4.22. The van der Waals surface area contributed by atoms with E-state index in [0.717, 1.165) is 26.2 Å². The Labute approximate surface area is 151 Å². The number of nitrogens with one attached hydrogen (secondary N) is 1. The minimum atomic E-state index is -0.0861. The summed E-state index contributed by atoms with van der Waals surface area (Å²) < 4.78 is 0. The number of amides is 1. The Balaban J connectivity index is 1.49. The normalized spacial score (nSPS) is 15.2. The number of hydrogen-bond donors (Lipinski definition) is 1. The number of Topliss-reactive ketones (excluding diaryl/α,β-unsaturated/α-hetero) is 1. The number of aromatic nitrogens is 1. The van der Waals surface area contributed by atoms with Crippen molar-refractivity contribution in [3.63, 3.8) is 0 Å². The maximum Gasteiger partial charge on any atom is 0.240 e. The summed E-state index contributed by atoms with van der Waals surface area (Å²) in [5, 5.41) is 3.31. The van der Waals surface area contributed by atoms with Crippen LogP contribution in [0.2, 0.25) is 0 Å². The summed E-state index contributed by atoms with van der Waals surface area (Å²) in [6.45, 7) is 7.14. The summed E-state index contributed by atoms with van der Waals surface area (Å²) in [5.74, 6) is -0.107. The van der Waals surface area contributed by atoms with E-state index < -0.39 is 0 Å². The van der Waals surface area contributed by atoms with Gasteiger partial charge < -0.3 is 10.2 Å². The molecule has 2 heterocycles. The van der Waals surface area contributed by atoms with E-state index in [1.54, 1.807) is 6.92 Å². The molecule has 0 unspecified atom stereocenters. The zero-order chi connectivity index (χ0) is 17.8. The smallest absolute Gasteiger partial charge is 0.240 e. The number of thiazole rings is 1. The topological polar surface area (TPSA) is 65.5 Å². The number of anilines is 2. The number of carbonyl (C=O) groups is 2. The largest absolute Gasteiger partial charge is 0.369 e. The van der Waals surface area contributed by atoms with Gasteiger partial charge in [0.1, 0.15) is 0 Å². The maximum absolute atomic E-state index is 12.2. The molecule has 7 heteroatoms. The van der Waals surface area contributed by atoms with Gasteiger partial charge in [0.05, 0.1) is 17.1 Å². The lowest BCUT2D eigenvalue weighted by molar-refractivity contribution is -0.117. The van der Waals surface area contributed by atoms with Crippen molar-refractivity contribution in [2.24, 2.45) is 0 Å². The summed E-state index contributed by atoms with van der Waals surface area (Å²) in [6.07, 6.45) is 0. The SMILES string of the molecule is CC(=O)c1sc(NC(=O)CN2CCN(c3ccccc3)CC2)nc1C. The van der Waals surface area contributed by atoms with Crippen LogP contribution in [-0.4, -0.2) is 54.3 Å². The monoisotopic (exact) mass is 358 g/mol. The quantitative estimate of drug-likeness (QED) is 0.832. The van der Waals surface area contributed by atoms with Gasteiger partial charge in [-0.15, -0.1) is 0 Å². The average Bonchev–Trinajstić information content (AvgIpc) is 2.96. The lowest BCUT2D eigenvalue weighted by Crippen LogP contribution is -2.48. The van der Waals surface area contributed by atoms with Crippen LogP contribution in [0.15, 0.2) is 30.3 Å². The van der Waals surface area contributed by atoms with Crippen molar-refractivity contribution >= 4 is 33.8 Å². The predicted molar refractivity (Wildman–Crippen MR) is 101 cm³/mol. The van der Waals surface area contributed by atoms with Crippen molar-refractivity contribution in [2.45, 2.75) is 13.8 Å². The summed E-state index contributed by atoms with van der Waals surface area (Å²) in [4.78, 5) is 33.0. The molecule has 1 N–H and O–H groups in total. The Hall–Kier alpha value is -2.25. The standard InChI is InChI=1S/C18H22N4O2S/c1-13-17(14(2)23)25-18(19-13)20-16(24)12-21-8-10-22(11-9-21)15-6-4-3-5-7-15/h3-7H,8-12H2,1-2H3,(H,19,20,24). The highest BCUT2D eigenvalue weighted by molar-refractivity contribution is 7.17. The number of piperazine rings is 1. The first-order chi connectivity index (χ1) is 12.0. The van der Waals surface area contributed by atoms with Crippen LogP contribution in [0.4, 0.5) is 10.8 Å². The molecule has 6 nitrogen and oxygen atoms in total. The van der Waals surface area contributed by atoms with Crippen LogP contribution in [-0.2, 0) is 4.79 Å². The molecule has 1 amide bonds. The molecule has 25 heavy (non-hydrogen) atoms. The molecule has 0 aliphatic carbocycles. The zero-order valence-electron chi connectivity index (χ0n) is 14.5. The Morgan fingerprint density at radius 3 is 2.44 bits per heavy atom. The van der Waals surface area contributed by atoms with Crippen LogP contribution in [0.1, 0.15) is 22.3 Å². The molecule has 2 aromatic rings. The minimum absolute atomic E-state index is 0.0208. The molecule has 1 aromatic heterocycles. The van der Waals surface area contributed by atoms with Crippen LogP contribution in [0.5, 0.6) is 0 Å². The van der Waals surface area contributed by atoms with E-state index in [1.807, 2.05) is 18.2 Å². The van der Waals surface area contributed by atoms with Crippen LogP contribution in [0.3, 0.4) is 0 Å². The Bertz CT molecular complexity index is 752. The van der Waals surface area contributed by atoms with Gasteiger partial charge in [-0.05, 0) is 19.1 Å². The number of benzene rings is 1. The molecular formula is C18H22N4O2S. The summed E-state index contributed by atoms with van der Waals surface area (Å²) in [6, 6.07) is 10.3. The van der Waals surface area contributed by atoms with Crippen molar-refractivity contribution in [2.75, 3.05) is 42.9 Å². The van der Waals surface area contributed by atoms with E-state index in [-0.39, 0.29) is 11.7 Å². The number of ketones is 1. The van der Waals surface area contributed by atoms with Crippen molar-refractivity contribution in [1.29, 1.82) is 0 Å². The van der Waals surface area contributed by atoms with E-state index in [9.17, 15) is 9.59 Å². The van der Waals surface area contributed by atoms with Gasteiger partial charge in [0, 0.05) is 38.8 Å². The van der Waals surface area contributed by atoms with E-state index in [0.29, 0.717) is 22.2 Å². The highest BCUT2D eigenvalue weighted by Crippen LogP contribution is 2.23. The van der Waals surface area contributed by atoms with Gasteiger partial charge in [-0.25, -0.2) is 4.98 Å². The van der Waals surface area contributed by atoms with Crippen LogP contribution >= 0.6 is 11.3 Å². The molecule has 0 saturated carbocycles. The predicted octanol–water partition coefficient (Wildman–Crippen LogP) is 2.41. The average molecular weight is 358 g/mol. The molecule has 1 aliphatic rings. The fourth-order valence-corrected chi connectivity index (χ4v) is 3.82. The highest BCUT2D eigenvalue weighted by Gasteiger charge is 2.20. The number of nitrogens with zero attached hydrogens (tertiary/aromatic N) is 3. The molecule has 1 aliphatic heterocycles. The Morgan fingerprint density at radius 1 is 1.16 bits per heavy atom. The molecule has 0 radical (unpaired) electrons. The first-order valence-electron chi connectivity index (χ1n) is 8.33. The number of aryl methyl sites for hydroxylation is 1. The van der Waals surface area contributed by atoms with Crippen LogP contribution < -0.4 is 10.2 Å². The lowest BCUT2D eigenvalue weighted by Gasteiger charge is -2.35. The van der Waals surface area contributed by atoms with Crippen molar-refractivity contribution in [3.05, 3.63) is 40.9 Å². The minimum Gasteiger partial charge on any atom is -0.369 e. The van der Waals surface area contributed by atoms with Gasteiger partial charge in [-0.2, -0.15) is 0 Å². The second kappa shape index (κ2) is 7.76. The second-order valence-electron chi connectivity index (χ2n) is 6.14. The van der Waals surface area contributed by atoms with Crippen molar-refractivity contribution < 1.29 is 9.59 Å². The fraction of sp³-hybridized carbons (Fsp3) is 0.389. The number of rotatable bonds is 5. The molecular weight excluding hydrogens is 336 g/mol. The maximum atomic E-state index is 12.2. The lowest BCUT2D eigenvalue weighted by atomic mass is 10.2. The Morgan fingerprint density at radius 2 is 1.84 bits per heavy atom. The number of carbonyl (C=O) groups excluding carboxylic acids is 2. The molecule has 0 bridgehead atoms. The van der Waals surface area contributed by atoms with Crippen molar-refractivity contribution in [1.82, 2.24) is 9.88 Å². The van der Waals surface area contributed by atoms with Crippen LogP contribution in [0, 0.1) is 6.92 Å². The number of hydrogen-bond acceptors (Lipinski definition) is 6. The molecule has 1 saturated heterocycles. The first-order valence-corrected chi connectivity index (χ1v) is 9.15. The zero-order valence-corrected chi connectivity index (χ0v) is 15.3. The first kappa shape index (κ1) is 17.6. The molecule has 132 valence electrons. The van der Waals surface area contributed by atoms with Gasteiger partial charge >= 0.3 is 0 Å². The summed E-state index contributed by atoms with van der Waals surface area (Å²) in [7, 11) is 0. The van der Waals surface area contributed by atoms with Gasteiger partial charge in [-0.1, -0.05) is 29.5 Å². The summed E-state index contributed by atoms with van der Waals surface area (Å²) >= 11 is 1.24. The highest BCUT2D eigenvalue weighted by atomic mass is 32.1. The molecule has 3 rings (SSSR count). The second-order valence-corrected chi connectivity index (χ2v) is 7.14. The van der Waals surface area contributed by atoms with Gasteiger partial charge in [0.25, 0.3) is 0 Å². The number of para-hydroxylation sites is 1. The van der Waals surface area contributed by atoms with E-state index in [2.05, 4.69) is 32.2 Å². The van der Waals surface area contributed by atoms with Gasteiger partial charge in [0.2, 0.25) is 5.91 Å². The Kier molecular flexibility index (Phi) is 5.45. The van der Waals surface area contributed by atoms with E-state index in [1.165, 1.54) is 23.9 Å². The van der Waals surface area contributed by atoms with Crippen molar-refractivity contribution in [3.8, 4) is 0 Å². The van der Waals surface area contributed by atoms with E-state index in [4.69, 9.17) is 0 Å². The third-order valence-corrected chi connectivity index (χ3v) is 5.40. The van der Waals surface area contributed by atoms with Gasteiger partial charge in [-0.3, -0.25) is 14.5 Å². The molecule has 0 atom stereocenters. The molecule has 0 spiro atoms. The van der Waals surface area contributed by atoms with Gasteiger partial charge in [0.15, 0.2) is 10.9 Å². The third kappa shape index (κ3) is 4.43. The molecule has 1 aromatic carbocycles. The fourth-order valence-electron chi connectivity index (χ4n) is 2.94. The molecule has 1 fully saturated rings.